The van der Waals surface area contributed by atoms with Crippen LogP contribution in [0, 0.1) is 17.1 Å². The van der Waals surface area contributed by atoms with E-state index in [0.29, 0.717) is 57.6 Å². The van der Waals surface area contributed by atoms with E-state index in [9.17, 15) is 28.8 Å². The average Bonchev–Trinajstić information content (AvgIpc) is 3.50. The predicted octanol–water partition coefficient (Wildman–Crippen LogP) is 7.34. The summed E-state index contributed by atoms with van der Waals surface area (Å²) in [6.07, 6.45) is 5.85. The van der Waals surface area contributed by atoms with E-state index in [4.69, 9.17) is 21.1 Å². The summed E-state index contributed by atoms with van der Waals surface area (Å²) in [5.41, 5.74) is 4.76. The Morgan fingerprint density at radius 2 is 1.64 bits per heavy atom. The number of unbranched alkanes of at least 4 members (excludes halogenated alkanes) is 2. The second-order valence-corrected chi connectivity index (χ2v) is 14.5. The molecular weight excluding hydrogens is 775 g/mol. The molecule has 0 radical (unpaired) electrons. The van der Waals surface area contributed by atoms with Crippen LogP contribution in [-0.2, 0) is 29.3 Å². The van der Waals surface area contributed by atoms with Crippen molar-refractivity contribution in [2.45, 2.75) is 57.9 Å². The number of fused-ring (bicyclic) bond motifs is 1. The third-order valence-corrected chi connectivity index (χ3v) is 10.6. The van der Waals surface area contributed by atoms with Gasteiger partial charge in [-0.25, -0.2) is 4.39 Å². The lowest BCUT2D eigenvalue weighted by molar-refractivity contribution is -0.136. The topological polar surface area (TPSA) is 163 Å². The largest absolute Gasteiger partial charge is 0.489 e. The standard InChI is InChI=1S/C45H40ClFN6O6/c46-42-31(8-6-10-34(42)33-9-2-3-12-36(33)47)27-58-32-15-14-30(39(21-32)59-26-29-20-28(22-48)23-50-24-29)25-49-18-4-1-5-19-51-37-13-7-11-35-41(37)45(57)53(44(35)56)38-16-17-40(54)52-43(38)55/h2-3,6-15,20-21,23-24,38,49,51H,1,4-5,16-19,25-27H2,(H,52,54,55). The summed E-state index contributed by atoms with van der Waals surface area (Å²) in [6.45, 7) is 2.12. The monoisotopic (exact) mass is 814 g/mol. The van der Waals surface area contributed by atoms with E-state index in [-0.39, 0.29) is 43.0 Å². The van der Waals surface area contributed by atoms with Crippen molar-refractivity contribution in [3.8, 4) is 28.7 Å². The molecule has 7 rings (SSSR count). The lowest BCUT2D eigenvalue weighted by Crippen LogP contribution is -2.54. The second-order valence-electron chi connectivity index (χ2n) is 14.1. The van der Waals surface area contributed by atoms with Crippen molar-refractivity contribution < 1.29 is 33.0 Å². The molecule has 2 aliphatic rings. The predicted molar refractivity (Wildman–Crippen MR) is 218 cm³/mol. The van der Waals surface area contributed by atoms with Crippen LogP contribution >= 0.6 is 11.6 Å². The van der Waals surface area contributed by atoms with Crippen LogP contribution < -0.4 is 25.4 Å². The molecule has 0 spiro atoms. The van der Waals surface area contributed by atoms with E-state index in [1.165, 1.54) is 12.3 Å². The summed E-state index contributed by atoms with van der Waals surface area (Å²) >= 11 is 6.73. The van der Waals surface area contributed by atoms with Crippen LogP contribution in [0.15, 0.2) is 97.3 Å². The number of anilines is 1. The Kier molecular flexibility index (Phi) is 12.9. The molecule has 2 aliphatic heterocycles. The summed E-state index contributed by atoms with van der Waals surface area (Å²) in [7, 11) is 0. The van der Waals surface area contributed by atoms with Crippen LogP contribution in [-0.4, -0.2) is 52.6 Å². The summed E-state index contributed by atoms with van der Waals surface area (Å²) in [6, 6.07) is 25.3. The number of benzene rings is 4. The SMILES string of the molecule is N#Cc1cncc(COc2cc(OCc3cccc(-c4ccccc4F)c3Cl)ccc2CNCCCCCNc2cccc3c2C(=O)N(C2CCC(=O)NC2=O)C3=O)c1. The van der Waals surface area contributed by atoms with Gasteiger partial charge < -0.3 is 20.1 Å². The maximum Gasteiger partial charge on any atom is 0.264 e. The Bertz CT molecular complexity index is 2450. The third kappa shape index (κ3) is 9.41. The van der Waals surface area contributed by atoms with Crippen LogP contribution in [0.5, 0.6) is 11.5 Å². The molecule has 1 aromatic heterocycles. The van der Waals surface area contributed by atoms with Crippen molar-refractivity contribution in [2.24, 2.45) is 0 Å². The fourth-order valence-corrected chi connectivity index (χ4v) is 7.38. The summed E-state index contributed by atoms with van der Waals surface area (Å²) in [5.74, 6) is -1.37. The molecule has 1 fully saturated rings. The summed E-state index contributed by atoms with van der Waals surface area (Å²) < 4.78 is 27.0. The maximum atomic E-state index is 14.6. The van der Waals surface area contributed by atoms with Crippen molar-refractivity contribution in [3.05, 3.63) is 142 Å². The van der Waals surface area contributed by atoms with E-state index in [1.54, 1.807) is 54.7 Å². The number of nitriles is 1. The van der Waals surface area contributed by atoms with E-state index in [1.807, 2.05) is 30.3 Å². The number of aromatic nitrogens is 1. The smallest absolute Gasteiger partial charge is 0.264 e. The molecule has 4 amide bonds. The van der Waals surface area contributed by atoms with Gasteiger partial charge in [-0.3, -0.25) is 34.4 Å². The number of hydrogen-bond donors (Lipinski definition) is 3. The molecule has 1 saturated heterocycles. The lowest BCUT2D eigenvalue weighted by Gasteiger charge is -2.27. The average molecular weight is 815 g/mol. The quantitative estimate of drug-likeness (QED) is 0.0640. The molecule has 3 N–H and O–H groups in total. The highest BCUT2D eigenvalue weighted by molar-refractivity contribution is 6.34. The van der Waals surface area contributed by atoms with Crippen LogP contribution in [0.1, 0.15) is 75.1 Å². The van der Waals surface area contributed by atoms with Gasteiger partial charge in [0, 0.05) is 71.5 Å². The Morgan fingerprint density at radius 1 is 0.847 bits per heavy atom. The molecule has 3 heterocycles. The molecule has 0 saturated carbocycles. The number of ether oxygens (including phenoxy) is 2. The molecule has 4 aromatic carbocycles. The van der Waals surface area contributed by atoms with Gasteiger partial charge in [-0.2, -0.15) is 5.26 Å². The first-order valence-electron chi connectivity index (χ1n) is 19.3. The molecule has 1 atom stereocenters. The van der Waals surface area contributed by atoms with Gasteiger partial charge in [-0.15, -0.1) is 0 Å². The number of hydrogen-bond acceptors (Lipinski definition) is 10. The van der Waals surface area contributed by atoms with Gasteiger partial charge in [0.1, 0.15) is 42.6 Å². The molecule has 1 unspecified atom stereocenters. The third-order valence-electron chi connectivity index (χ3n) is 10.1. The van der Waals surface area contributed by atoms with Gasteiger partial charge in [0.15, 0.2) is 0 Å². The fourth-order valence-electron chi connectivity index (χ4n) is 7.09. The Balaban J connectivity index is 0.925. The first kappa shape index (κ1) is 40.6. The van der Waals surface area contributed by atoms with Crippen molar-refractivity contribution >= 4 is 40.9 Å². The highest BCUT2D eigenvalue weighted by atomic mass is 35.5. The zero-order valence-corrected chi connectivity index (χ0v) is 32.7. The molecule has 300 valence electrons. The molecule has 12 nitrogen and oxygen atoms in total. The zero-order chi connectivity index (χ0) is 41.3. The van der Waals surface area contributed by atoms with Gasteiger partial charge >= 0.3 is 0 Å². The Hall–Kier alpha value is -6.62. The summed E-state index contributed by atoms with van der Waals surface area (Å²) in [4.78, 5) is 55.7. The number of imide groups is 2. The van der Waals surface area contributed by atoms with Crippen LogP contribution in [0.2, 0.25) is 5.02 Å². The van der Waals surface area contributed by atoms with Crippen molar-refractivity contribution in [3.63, 3.8) is 0 Å². The number of nitrogens with one attached hydrogen (secondary N) is 3. The normalized spacial score (nSPS) is 14.8. The van der Waals surface area contributed by atoms with E-state index < -0.39 is 29.7 Å². The number of amides is 4. The van der Waals surface area contributed by atoms with Gasteiger partial charge in [0.05, 0.1) is 21.7 Å². The molecule has 14 heteroatoms. The molecule has 0 aliphatic carbocycles. The van der Waals surface area contributed by atoms with Gasteiger partial charge in [0.25, 0.3) is 11.8 Å². The number of nitrogens with zero attached hydrogens (tertiary/aromatic N) is 3. The number of piperidine rings is 1. The highest BCUT2D eigenvalue weighted by Gasteiger charge is 2.45. The lowest BCUT2D eigenvalue weighted by atomic mass is 10.0. The minimum Gasteiger partial charge on any atom is -0.489 e. The van der Waals surface area contributed by atoms with Gasteiger partial charge in [-0.1, -0.05) is 66.6 Å². The molecule has 59 heavy (non-hydrogen) atoms. The van der Waals surface area contributed by atoms with E-state index >= 15 is 0 Å². The fraction of sp³-hybridized carbons (Fsp3) is 0.244. The number of pyridine rings is 1. The van der Waals surface area contributed by atoms with Crippen LogP contribution in [0.3, 0.4) is 0 Å². The minimum atomic E-state index is -1.02. The van der Waals surface area contributed by atoms with Crippen molar-refractivity contribution in [1.82, 2.24) is 20.5 Å². The van der Waals surface area contributed by atoms with Crippen LogP contribution in [0.25, 0.3) is 11.1 Å². The maximum absolute atomic E-state index is 14.6. The molecular formula is C45H40ClFN6O6. The number of carbonyl (C=O) groups is 4. The Morgan fingerprint density at radius 3 is 2.47 bits per heavy atom. The molecule has 0 bridgehead atoms. The molecule has 5 aromatic rings. The minimum absolute atomic E-state index is 0.0601. The van der Waals surface area contributed by atoms with E-state index in [2.05, 4.69) is 27.0 Å². The number of rotatable bonds is 17. The van der Waals surface area contributed by atoms with Gasteiger partial charge in [0.2, 0.25) is 11.8 Å². The number of carbonyl (C=O) groups excluding carboxylic acids is 4. The van der Waals surface area contributed by atoms with Crippen molar-refractivity contribution in [1.29, 1.82) is 5.26 Å². The van der Waals surface area contributed by atoms with Crippen molar-refractivity contribution in [2.75, 3.05) is 18.4 Å². The Labute approximate surface area is 345 Å². The van der Waals surface area contributed by atoms with Crippen LogP contribution in [0.4, 0.5) is 10.1 Å². The first-order chi connectivity index (χ1) is 28.7. The summed E-state index contributed by atoms with van der Waals surface area (Å²) in [5, 5.41) is 18.7. The second kappa shape index (κ2) is 18.8. The highest BCUT2D eigenvalue weighted by Crippen LogP contribution is 2.35. The number of halogens is 2. The zero-order valence-electron chi connectivity index (χ0n) is 31.9. The van der Waals surface area contributed by atoms with E-state index in [0.717, 1.165) is 41.8 Å². The first-order valence-corrected chi connectivity index (χ1v) is 19.6. The van der Waals surface area contributed by atoms with Gasteiger partial charge in [-0.05, 0) is 56.1 Å².